The predicted molar refractivity (Wildman–Crippen MR) is 111 cm³/mol. The zero-order chi connectivity index (χ0) is 20.8. The van der Waals surface area contributed by atoms with Crippen molar-refractivity contribution in [3.63, 3.8) is 0 Å². The van der Waals surface area contributed by atoms with Crippen LogP contribution in [0.2, 0.25) is 0 Å². The van der Waals surface area contributed by atoms with Gasteiger partial charge in [0.15, 0.2) is 6.61 Å². The molecule has 30 heavy (non-hydrogen) atoms. The van der Waals surface area contributed by atoms with Gasteiger partial charge in [-0.15, -0.1) is 0 Å². The van der Waals surface area contributed by atoms with E-state index in [1.54, 1.807) is 30.6 Å². The lowest BCUT2D eigenvalue weighted by Crippen LogP contribution is -2.59. The molecule has 2 aliphatic rings. The highest BCUT2D eigenvalue weighted by molar-refractivity contribution is 5.94. The van der Waals surface area contributed by atoms with Gasteiger partial charge in [0, 0.05) is 37.6 Å². The molecule has 1 aromatic carbocycles. The van der Waals surface area contributed by atoms with Crippen LogP contribution in [-0.4, -0.2) is 71.7 Å². The highest BCUT2D eigenvalue weighted by Gasteiger charge is 2.38. The van der Waals surface area contributed by atoms with Gasteiger partial charge in [0.05, 0.1) is 29.8 Å². The van der Waals surface area contributed by atoms with Crippen molar-refractivity contribution in [2.24, 2.45) is 0 Å². The van der Waals surface area contributed by atoms with Crippen LogP contribution in [0, 0.1) is 0 Å². The second-order valence-electron chi connectivity index (χ2n) is 8.00. The molecule has 2 heterocycles. The number of ether oxygens (including phenoxy) is 2. The summed E-state index contributed by atoms with van der Waals surface area (Å²) in [6, 6.07) is 4.97. The number of morpholine rings is 1. The number of fused-ring (bicyclic) bond motifs is 1. The van der Waals surface area contributed by atoms with Crippen LogP contribution in [0.25, 0.3) is 11.0 Å². The van der Waals surface area contributed by atoms with Crippen molar-refractivity contribution in [3.05, 3.63) is 36.2 Å². The van der Waals surface area contributed by atoms with Crippen LogP contribution in [0.1, 0.15) is 42.5 Å². The van der Waals surface area contributed by atoms with Crippen LogP contribution < -0.4 is 5.32 Å². The van der Waals surface area contributed by atoms with Gasteiger partial charge in [-0.05, 0) is 31.0 Å². The maximum atomic E-state index is 12.4. The van der Waals surface area contributed by atoms with Crippen molar-refractivity contribution < 1.29 is 19.1 Å². The Morgan fingerprint density at radius 1 is 1.07 bits per heavy atom. The number of hydrogen-bond acceptors (Lipinski definition) is 7. The first-order chi connectivity index (χ1) is 14.7. The molecule has 0 bridgehead atoms. The second kappa shape index (κ2) is 9.49. The Hall–Kier alpha value is -2.58. The molecule has 1 aliphatic carbocycles. The number of esters is 1. The number of benzene rings is 1. The van der Waals surface area contributed by atoms with Gasteiger partial charge in [-0.25, -0.2) is 4.79 Å². The summed E-state index contributed by atoms with van der Waals surface area (Å²) in [5, 5.41) is 3.01. The lowest BCUT2D eigenvalue weighted by molar-refractivity contribution is -0.125. The molecule has 8 heteroatoms. The monoisotopic (exact) mass is 412 g/mol. The first-order valence-corrected chi connectivity index (χ1v) is 10.6. The molecule has 0 radical (unpaired) electrons. The number of nitrogens with one attached hydrogen (secondary N) is 1. The first-order valence-electron chi connectivity index (χ1n) is 10.6. The molecule has 0 spiro atoms. The van der Waals surface area contributed by atoms with Gasteiger partial charge in [-0.3, -0.25) is 19.7 Å². The number of hydrogen-bond donors (Lipinski definition) is 1. The van der Waals surface area contributed by atoms with Gasteiger partial charge in [-0.1, -0.05) is 19.3 Å². The van der Waals surface area contributed by atoms with Crippen molar-refractivity contribution in [1.82, 2.24) is 20.2 Å². The van der Waals surface area contributed by atoms with Gasteiger partial charge in [0.1, 0.15) is 0 Å². The van der Waals surface area contributed by atoms with Gasteiger partial charge in [0.2, 0.25) is 0 Å². The van der Waals surface area contributed by atoms with Crippen LogP contribution in [0.15, 0.2) is 30.6 Å². The van der Waals surface area contributed by atoms with Gasteiger partial charge >= 0.3 is 5.97 Å². The average molecular weight is 412 g/mol. The molecule has 1 N–H and O–H groups in total. The van der Waals surface area contributed by atoms with Gasteiger partial charge in [-0.2, -0.15) is 0 Å². The molecule has 1 aliphatic heterocycles. The molecule has 1 amide bonds. The third-order valence-electron chi connectivity index (χ3n) is 6.12. The molecule has 8 nitrogen and oxygen atoms in total. The Morgan fingerprint density at radius 3 is 2.57 bits per heavy atom. The summed E-state index contributed by atoms with van der Waals surface area (Å²) in [7, 11) is 0. The van der Waals surface area contributed by atoms with E-state index in [-0.39, 0.29) is 18.1 Å². The van der Waals surface area contributed by atoms with Crippen LogP contribution in [-0.2, 0) is 14.3 Å². The van der Waals surface area contributed by atoms with E-state index in [4.69, 9.17) is 9.47 Å². The fourth-order valence-corrected chi connectivity index (χ4v) is 4.47. The third kappa shape index (κ3) is 4.76. The fraction of sp³-hybridized carbons (Fsp3) is 0.545. The fourth-order valence-electron chi connectivity index (χ4n) is 4.47. The van der Waals surface area contributed by atoms with Crippen LogP contribution >= 0.6 is 0 Å². The highest BCUT2D eigenvalue weighted by Crippen LogP contribution is 2.33. The summed E-state index contributed by atoms with van der Waals surface area (Å²) < 4.78 is 10.7. The highest BCUT2D eigenvalue weighted by atomic mass is 16.5. The molecule has 2 aromatic rings. The molecule has 0 atom stereocenters. The molecule has 1 saturated carbocycles. The number of aromatic nitrogens is 2. The number of nitrogens with zero attached hydrogens (tertiary/aromatic N) is 3. The average Bonchev–Trinajstić information content (AvgIpc) is 2.82. The maximum Gasteiger partial charge on any atom is 0.338 e. The number of carbonyl (C=O) groups excluding carboxylic acids is 2. The van der Waals surface area contributed by atoms with Crippen molar-refractivity contribution in [3.8, 4) is 0 Å². The van der Waals surface area contributed by atoms with Crippen molar-refractivity contribution in [2.45, 2.75) is 37.6 Å². The van der Waals surface area contributed by atoms with Crippen molar-refractivity contribution >= 4 is 22.9 Å². The lowest BCUT2D eigenvalue weighted by atomic mass is 9.79. The minimum absolute atomic E-state index is 0.0152. The molecular weight excluding hydrogens is 384 g/mol. The van der Waals surface area contributed by atoms with E-state index in [0.717, 1.165) is 39.1 Å². The number of amides is 1. The largest absolute Gasteiger partial charge is 0.452 e. The molecule has 160 valence electrons. The number of rotatable bonds is 6. The summed E-state index contributed by atoms with van der Waals surface area (Å²) in [6.45, 7) is 3.56. The molecule has 1 aromatic heterocycles. The van der Waals surface area contributed by atoms with E-state index >= 15 is 0 Å². The Kier molecular flexibility index (Phi) is 6.54. The maximum absolute atomic E-state index is 12.4. The van der Waals surface area contributed by atoms with E-state index in [1.807, 2.05) is 0 Å². The summed E-state index contributed by atoms with van der Waals surface area (Å²) in [5.74, 6) is -0.819. The summed E-state index contributed by atoms with van der Waals surface area (Å²) in [6.07, 6.45) is 8.91. The smallest absolute Gasteiger partial charge is 0.338 e. The summed E-state index contributed by atoms with van der Waals surface area (Å²) in [4.78, 5) is 35.6. The molecule has 2 fully saturated rings. The zero-order valence-corrected chi connectivity index (χ0v) is 17.1. The molecule has 1 saturated heterocycles. The second-order valence-corrected chi connectivity index (χ2v) is 8.00. The van der Waals surface area contributed by atoms with E-state index < -0.39 is 5.97 Å². The quantitative estimate of drug-likeness (QED) is 0.725. The Labute approximate surface area is 176 Å². The Balaban J connectivity index is 1.31. The van der Waals surface area contributed by atoms with Gasteiger partial charge in [0.25, 0.3) is 5.91 Å². The molecule has 0 unspecified atom stereocenters. The Bertz CT molecular complexity index is 892. The SMILES string of the molecule is O=C(COC(=O)c1ccc2nccnc2c1)NCC1(N2CCOCC2)CCCCC1. The normalized spacial score (nSPS) is 19.3. The van der Waals surface area contributed by atoms with E-state index in [2.05, 4.69) is 20.2 Å². The summed E-state index contributed by atoms with van der Waals surface area (Å²) >= 11 is 0. The van der Waals surface area contributed by atoms with E-state index in [9.17, 15) is 9.59 Å². The Morgan fingerprint density at radius 2 is 1.80 bits per heavy atom. The molecular formula is C22H28N4O4. The minimum Gasteiger partial charge on any atom is -0.452 e. The van der Waals surface area contributed by atoms with Crippen LogP contribution in [0.4, 0.5) is 0 Å². The third-order valence-corrected chi connectivity index (χ3v) is 6.12. The number of carbonyl (C=O) groups is 2. The van der Waals surface area contributed by atoms with Crippen molar-refractivity contribution in [2.75, 3.05) is 39.5 Å². The van der Waals surface area contributed by atoms with E-state index in [0.29, 0.717) is 23.1 Å². The topological polar surface area (TPSA) is 93.7 Å². The van der Waals surface area contributed by atoms with Crippen LogP contribution in [0.5, 0.6) is 0 Å². The van der Waals surface area contributed by atoms with Crippen LogP contribution in [0.3, 0.4) is 0 Å². The lowest BCUT2D eigenvalue weighted by Gasteiger charge is -2.48. The standard InChI is InChI=1S/C22H28N4O4/c27-20(15-30-21(28)17-4-5-18-19(14-17)24-9-8-23-18)25-16-22(6-2-1-3-7-22)26-10-12-29-13-11-26/h4-5,8-9,14H,1-3,6-7,10-13,15-16H2,(H,25,27). The van der Waals surface area contributed by atoms with Crippen molar-refractivity contribution in [1.29, 1.82) is 0 Å². The zero-order valence-electron chi connectivity index (χ0n) is 17.1. The van der Waals surface area contributed by atoms with Gasteiger partial charge < -0.3 is 14.8 Å². The summed E-state index contributed by atoms with van der Waals surface area (Å²) in [5.41, 5.74) is 1.65. The van der Waals surface area contributed by atoms with E-state index in [1.165, 1.54) is 19.3 Å². The first kappa shape index (κ1) is 20.7. The molecule has 4 rings (SSSR count). The minimum atomic E-state index is -0.543. The predicted octanol–water partition coefficient (Wildman–Crippen LogP) is 1.94.